The molecule has 0 saturated heterocycles. The van der Waals surface area contributed by atoms with E-state index in [0.717, 1.165) is 39.1 Å². The largest absolute Gasteiger partial charge is 0.360 e. The van der Waals surface area contributed by atoms with E-state index >= 15 is 0 Å². The van der Waals surface area contributed by atoms with Crippen LogP contribution in [-0.4, -0.2) is 20.1 Å². The number of nitrogens with zero attached hydrogens (tertiary/aromatic N) is 3. The second-order valence-corrected chi connectivity index (χ2v) is 6.11. The van der Waals surface area contributed by atoms with E-state index in [1.807, 2.05) is 6.07 Å². The number of fused-ring (bicyclic) bond motifs is 1. The van der Waals surface area contributed by atoms with Gasteiger partial charge in [0.1, 0.15) is 5.76 Å². The zero-order valence-corrected chi connectivity index (χ0v) is 11.9. The fourth-order valence-corrected chi connectivity index (χ4v) is 2.93. The molecule has 3 heterocycles. The summed E-state index contributed by atoms with van der Waals surface area (Å²) in [6.07, 6.45) is 4.27. The van der Waals surface area contributed by atoms with E-state index in [4.69, 9.17) is 4.52 Å². The Kier molecular flexibility index (Phi) is 2.77. The number of H-pyrrole nitrogens is 1. The molecule has 1 aliphatic rings. The number of hydrogen-bond acceptors (Lipinski definition) is 5. The molecule has 20 heavy (non-hydrogen) atoms. The smallest absolute Gasteiger partial charge is 0.178 e. The maximum atomic E-state index is 5.36. The first-order valence-electron chi connectivity index (χ1n) is 6.69. The molecule has 0 aliphatic heterocycles. The normalized spacial score (nSPS) is 15.1. The van der Waals surface area contributed by atoms with E-state index in [2.05, 4.69) is 33.1 Å². The average molecular weight is 286 g/mol. The van der Waals surface area contributed by atoms with Crippen molar-refractivity contribution in [2.24, 2.45) is 0 Å². The van der Waals surface area contributed by atoms with E-state index in [1.165, 1.54) is 12.8 Å². The summed E-state index contributed by atoms with van der Waals surface area (Å²) >= 11 is 1.61. The van der Waals surface area contributed by atoms with Crippen LogP contribution in [0, 0.1) is 6.92 Å². The number of hydrogen-bond donors (Lipinski definition) is 1. The van der Waals surface area contributed by atoms with Crippen molar-refractivity contribution in [2.75, 3.05) is 0 Å². The van der Waals surface area contributed by atoms with Crippen LogP contribution in [0.25, 0.3) is 11.2 Å². The number of aryl methyl sites for hydroxylation is 1. The molecule has 0 amide bonds. The van der Waals surface area contributed by atoms with Crippen molar-refractivity contribution in [3.05, 3.63) is 35.3 Å². The van der Waals surface area contributed by atoms with Gasteiger partial charge in [0.05, 0.1) is 17.0 Å². The van der Waals surface area contributed by atoms with Gasteiger partial charge >= 0.3 is 0 Å². The molecule has 0 aromatic carbocycles. The summed E-state index contributed by atoms with van der Waals surface area (Å²) < 4.78 is 5.36. The second kappa shape index (κ2) is 4.63. The molecule has 0 unspecified atom stereocenters. The minimum Gasteiger partial charge on any atom is -0.360 e. The van der Waals surface area contributed by atoms with Crippen LogP contribution in [0.3, 0.4) is 0 Å². The Morgan fingerprint density at radius 1 is 1.45 bits per heavy atom. The number of rotatable bonds is 4. The standard InChI is InChI=1S/C14H14N4OS/c1-8-4-5-15-13-12(8)16-14(17-13)20-7-10-6-11(18-19-10)9-2-3-9/h4-6,9H,2-3,7H2,1H3,(H,15,16,17). The number of aromatic amines is 1. The molecule has 0 spiro atoms. The Bertz CT molecular complexity index is 759. The molecule has 0 atom stereocenters. The molecule has 1 saturated carbocycles. The molecule has 1 aliphatic carbocycles. The van der Waals surface area contributed by atoms with Crippen LogP contribution in [-0.2, 0) is 5.75 Å². The first kappa shape index (κ1) is 12.0. The van der Waals surface area contributed by atoms with Gasteiger partial charge in [0, 0.05) is 18.2 Å². The molecule has 1 fully saturated rings. The SMILES string of the molecule is Cc1ccnc2nc(SCc3cc(C4CC4)no3)[nH]c12. The summed E-state index contributed by atoms with van der Waals surface area (Å²) in [7, 11) is 0. The van der Waals surface area contributed by atoms with Gasteiger partial charge in [-0.05, 0) is 31.4 Å². The zero-order chi connectivity index (χ0) is 13.5. The van der Waals surface area contributed by atoms with Crippen LogP contribution < -0.4 is 0 Å². The van der Waals surface area contributed by atoms with Gasteiger partial charge < -0.3 is 9.51 Å². The lowest BCUT2D eigenvalue weighted by atomic mass is 10.3. The van der Waals surface area contributed by atoms with Gasteiger partial charge in [0.15, 0.2) is 10.8 Å². The summed E-state index contributed by atoms with van der Waals surface area (Å²) in [5, 5.41) is 4.98. The first-order chi connectivity index (χ1) is 9.79. The quantitative estimate of drug-likeness (QED) is 0.744. The third-order valence-electron chi connectivity index (χ3n) is 3.50. The van der Waals surface area contributed by atoms with Crippen molar-refractivity contribution in [3.63, 3.8) is 0 Å². The van der Waals surface area contributed by atoms with Gasteiger partial charge in [0.2, 0.25) is 0 Å². The topological polar surface area (TPSA) is 67.6 Å². The Hall–Kier alpha value is -1.82. The third-order valence-corrected chi connectivity index (χ3v) is 4.40. The summed E-state index contributed by atoms with van der Waals surface area (Å²) in [5.41, 5.74) is 4.03. The predicted molar refractivity (Wildman–Crippen MR) is 76.7 cm³/mol. The van der Waals surface area contributed by atoms with E-state index in [1.54, 1.807) is 18.0 Å². The van der Waals surface area contributed by atoms with Crippen molar-refractivity contribution < 1.29 is 4.52 Å². The molecule has 3 aromatic heterocycles. The Labute approximate surface area is 120 Å². The first-order valence-corrected chi connectivity index (χ1v) is 7.68. The summed E-state index contributed by atoms with van der Waals surface area (Å²) in [6.45, 7) is 2.05. The van der Waals surface area contributed by atoms with Gasteiger partial charge in [-0.3, -0.25) is 0 Å². The van der Waals surface area contributed by atoms with Crippen molar-refractivity contribution in [1.29, 1.82) is 0 Å². The summed E-state index contributed by atoms with van der Waals surface area (Å²) in [5.74, 6) is 2.27. The van der Waals surface area contributed by atoms with Gasteiger partial charge in [-0.15, -0.1) is 0 Å². The molecule has 102 valence electrons. The highest BCUT2D eigenvalue weighted by Gasteiger charge is 2.27. The lowest BCUT2D eigenvalue weighted by molar-refractivity contribution is 0.388. The fraction of sp³-hybridized carbons (Fsp3) is 0.357. The fourth-order valence-electron chi connectivity index (χ4n) is 2.19. The van der Waals surface area contributed by atoms with Crippen molar-refractivity contribution in [2.45, 2.75) is 36.6 Å². The van der Waals surface area contributed by atoms with Gasteiger partial charge in [0.25, 0.3) is 0 Å². The van der Waals surface area contributed by atoms with Crippen molar-refractivity contribution >= 4 is 22.9 Å². The van der Waals surface area contributed by atoms with Gasteiger partial charge in [-0.2, -0.15) is 0 Å². The molecule has 1 N–H and O–H groups in total. The van der Waals surface area contributed by atoms with Crippen LogP contribution in [0.1, 0.15) is 35.8 Å². The van der Waals surface area contributed by atoms with Crippen molar-refractivity contribution in [3.8, 4) is 0 Å². The van der Waals surface area contributed by atoms with Gasteiger partial charge in [-0.1, -0.05) is 16.9 Å². The number of thioether (sulfide) groups is 1. The summed E-state index contributed by atoms with van der Waals surface area (Å²) in [6, 6.07) is 4.05. The number of aromatic nitrogens is 4. The monoisotopic (exact) mass is 286 g/mol. The van der Waals surface area contributed by atoms with E-state index in [-0.39, 0.29) is 0 Å². The second-order valence-electron chi connectivity index (χ2n) is 5.15. The van der Waals surface area contributed by atoms with Crippen LogP contribution >= 0.6 is 11.8 Å². The highest BCUT2D eigenvalue weighted by Crippen LogP contribution is 2.39. The number of nitrogens with one attached hydrogen (secondary N) is 1. The predicted octanol–water partition coefficient (Wildman–Crippen LogP) is 3.42. The van der Waals surface area contributed by atoms with Crippen LogP contribution in [0.5, 0.6) is 0 Å². The van der Waals surface area contributed by atoms with Crippen LogP contribution in [0.4, 0.5) is 0 Å². The Balaban J connectivity index is 1.50. The van der Waals surface area contributed by atoms with E-state index < -0.39 is 0 Å². The van der Waals surface area contributed by atoms with Crippen LogP contribution in [0.15, 0.2) is 28.0 Å². The highest BCUT2D eigenvalue weighted by atomic mass is 32.2. The molecule has 0 radical (unpaired) electrons. The molecular weight excluding hydrogens is 272 g/mol. The third kappa shape index (κ3) is 2.20. The minimum absolute atomic E-state index is 0.635. The zero-order valence-electron chi connectivity index (χ0n) is 11.1. The lowest BCUT2D eigenvalue weighted by Crippen LogP contribution is -1.79. The average Bonchev–Trinajstić information content (AvgIpc) is 3.03. The minimum atomic E-state index is 0.635. The molecule has 5 nitrogen and oxygen atoms in total. The Morgan fingerprint density at radius 2 is 2.35 bits per heavy atom. The van der Waals surface area contributed by atoms with E-state index in [0.29, 0.717) is 5.92 Å². The lowest BCUT2D eigenvalue weighted by Gasteiger charge is -1.92. The van der Waals surface area contributed by atoms with Crippen LogP contribution in [0.2, 0.25) is 0 Å². The Morgan fingerprint density at radius 3 is 3.15 bits per heavy atom. The van der Waals surface area contributed by atoms with Gasteiger partial charge in [-0.25, -0.2) is 9.97 Å². The number of imidazole rings is 1. The van der Waals surface area contributed by atoms with E-state index in [9.17, 15) is 0 Å². The molecule has 4 rings (SSSR count). The number of pyridine rings is 1. The summed E-state index contributed by atoms with van der Waals surface area (Å²) in [4.78, 5) is 12.0. The molecule has 6 heteroatoms. The maximum absolute atomic E-state index is 5.36. The highest BCUT2D eigenvalue weighted by molar-refractivity contribution is 7.98. The molecular formula is C14H14N4OS. The molecule has 3 aromatic rings. The molecule has 0 bridgehead atoms. The maximum Gasteiger partial charge on any atom is 0.178 e. The van der Waals surface area contributed by atoms with Crippen molar-refractivity contribution in [1.82, 2.24) is 20.1 Å².